The maximum atomic E-state index is 6.17. The third kappa shape index (κ3) is 12.5. The van der Waals surface area contributed by atoms with Crippen molar-refractivity contribution < 1.29 is 28.4 Å². The van der Waals surface area contributed by atoms with Crippen LogP contribution >= 0.6 is 23.2 Å². The van der Waals surface area contributed by atoms with E-state index in [1.54, 1.807) is 40.9 Å². The van der Waals surface area contributed by atoms with E-state index in [1.807, 2.05) is 146 Å². The van der Waals surface area contributed by atoms with Gasteiger partial charge in [-0.15, -0.1) is 20.4 Å². The molecule has 0 unspecified atom stereocenters. The van der Waals surface area contributed by atoms with E-state index in [1.165, 1.54) is 0 Å². The normalized spacial score (nSPS) is 11.1. The number of benzene rings is 6. The number of halogens is 2. The second kappa shape index (κ2) is 23.7. The van der Waals surface area contributed by atoms with Gasteiger partial charge in [0.2, 0.25) is 0 Å². The zero-order chi connectivity index (χ0) is 48.7. The quantitative estimate of drug-likeness (QED) is 0.0400. The molecule has 6 aromatic carbocycles. The molecule has 0 spiro atoms. The molecule has 0 aliphatic carbocycles. The van der Waals surface area contributed by atoms with Crippen molar-refractivity contribution in [2.75, 3.05) is 52.5 Å². The third-order valence-electron chi connectivity index (χ3n) is 10.9. The van der Waals surface area contributed by atoms with E-state index in [0.717, 1.165) is 50.3 Å². The first-order valence-electron chi connectivity index (χ1n) is 22.0. The van der Waals surface area contributed by atoms with E-state index in [9.17, 15) is 0 Å². The molecule has 0 radical (unpaired) electrons. The van der Waals surface area contributed by atoms with Gasteiger partial charge in [0.25, 0.3) is 0 Å². The zero-order valence-corrected chi connectivity index (χ0v) is 40.2. The number of nitrogens with one attached hydrogen (secondary N) is 2. The molecule has 14 nitrogen and oxygen atoms in total. The van der Waals surface area contributed by atoms with E-state index >= 15 is 0 Å². The number of anilines is 2. The van der Waals surface area contributed by atoms with Crippen LogP contribution in [0, 0.1) is 0 Å². The molecule has 0 aliphatic rings. The average Bonchev–Trinajstić information content (AvgIpc) is 3.39. The molecule has 2 aromatic heterocycles. The Kier molecular flexibility index (Phi) is 16.3. The predicted molar refractivity (Wildman–Crippen MR) is 276 cm³/mol. The Morgan fingerprint density at radius 3 is 1.54 bits per heavy atom. The van der Waals surface area contributed by atoms with Crippen LogP contribution in [0.4, 0.5) is 11.6 Å². The topological polar surface area (TPSA) is 156 Å². The summed E-state index contributed by atoms with van der Waals surface area (Å²) in [5.74, 6) is 4.62. The van der Waals surface area contributed by atoms with Crippen LogP contribution in [-0.2, 0) is 12.8 Å². The van der Waals surface area contributed by atoms with Crippen molar-refractivity contribution in [2.45, 2.75) is 12.8 Å². The number of aromatic nitrogens is 4. The molecule has 354 valence electrons. The first-order valence-corrected chi connectivity index (χ1v) is 22.7. The summed E-state index contributed by atoms with van der Waals surface area (Å²) in [5.41, 5.74) is 14.6. The van der Waals surface area contributed by atoms with Gasteiger partial charge in [0.1, 0.15) is 24.7 Å². The van der Waals surface area contributed by atoms with Gasteiger partial charge < -0.3 is 28.4 Å². The molecule has 2 N–H and O–H groups in total. The summed E-state index contributed by atoms with van der Waals surface area (Å²) >= 11 is 12.3. The summed E-state index contributed by atoms with van der Waals surface area (Å²) in [6.45, 7) is 0.465. The van der Waals surface area contributed by atoms with Crippen LogP contribution in [0.3, 0.4) is 0 Å². The molecule has 0 bridgehead atoms. The van der Waals surface area contributed by atoms with Crippen molar-refractivity contribution in [3.8, 4) is 57.0 Å². The summed E-state index contributed by atoms with van der Waals surface area (Å²) in [6, 6.07) is 45.7. The summed E-state index contributed by atoms with van der Waals surface area (Å²) in [6.07, 6.45) is 4.43. The fraction of sp³-hybridized carbons (Fsp3) is 0.148. The second-order valence-electron chi connectivity index (χ2n) is 15.5. The van der Waals surface area contributed by atoms with Gasteiger partial charge in [-0.05, 0) is 113 Å². The second-order valence-corrected chi connectivity index (χ2v) is 16.3. The lowest BCUT2D eigenvalue weighted by atomic mass is 10.0. The highest BCUT2D eigenvalue weighted by molar-refractivity contribution is 6.30. The lowest BCUT2D eigenvalue weighted by molar-refractivity contribution is 0.206. The van der Waals surface area contributed by atoms with Gasteiger partial charge in [0.05, 0.1) is 52.3 Å². The molecular formula is C54H48Cl2N8O6. The van der Waals surface area contributed by atoms with Gasteiger partial charge in [0.15, 0.2) is 34.6 Å². The van der Waals surface area contributed by atoms with Crippen LogP contribution in [0.25, 0.3) is 22.5 Å². The lowest BCUT2D eigenvalue weighted by Gasteiger charge is -2.14. The van der Waals surface area contributed by atoms with E-state index in [2.05, 4.69) is 41.4 Å². The van der Waals surface area contributed by atoms with Crippen molar-refractivity contribution >= 4 is 47.3 Å². The molecule has 0 atom stereocenters. The van der Waals surface area contributed by atoms with Crippen molar-refractivity contribution in [3.05, 3.63) is 189 Å². The maximum absolute atomic E-state index is 6.17. The number of para-hydroxylation sites is 2. The van der Waals surface area contributed by atoms with Crippen molar-refractivity contribution in [3.63, 3.8) is 0 Å². The van der Waals surface area contributed by atoms with E-state index in [0.29, 0.717) is 74.7 Å². The SMILES string of the molecule is COc1ccccc1Cc1cc(-c2ccc(Cl)cc2)nnc1N/N=C/c1ccc(OCCOc2ccc(/C=N\Nc3nnc(-c4ccccc4OC)cc3Cc3ccc(Cl)cc3)cc2OC)c(OC)c1. The van der Waals surface area contributed by atoms with E-state index < -0.39 is 0 Å². The molecule has 2 heterocycles. The highest BCUT2D eigenvalue weighted by Gasteiger charge is 2.15. The molecule has 70 heavy (non-hydrogen) atoms. The van der Waals surface area contributed by atoms with Gasteiger partial charge >= 0.3 is 0 Å². The standard InChI is InChI=1S/C54H48Cl2N8O6/c1-65-47-11-7-5-9-39(47)30-41-31-45(38-17-21-43(56)22-18-38)59-63-54(41)62-58-34-37-16-24-50(52(29-37)68-4)70-26-25-69-49-23-15-36(28-51(49)67-3)33-57-61-53-40(27-35-13-19-42(55)20-14-35)32-46(60-64-53)44-10-6-8-12-48(44)66-2/h5-24,28-29,31-34H,25-27,30H2,1-4H3,(H,61,64)(H,62,63)/b57-33-,58-34+. The van der Waals surface area contributed by atoms with Crippen molar-refractivity contribution in [2.24, 2.45) is 10.2 Å². The average molecular weight is 976 g/mol. The predicted octanol–water partition coefficient (Wildman–Crippen LogP) is 11.5. The van der Waals surface area contributed by atoms with Crippen molar-refractivity contribution in [1.29, 1.82) is 0 Å². The molecular weight excluding hydrogens is 928 g/mol. The fourth-order valence-electron chi connectivity index (χ4n) is 7.35. The van der Waals surface area contributed by atoms with Gasteiger partial charge in [-0.1, -0.05) is 77.8 Å². The van der Waals surface area contributed by atoms with Gasteiger partial charge in [-0.3, -0.25) is 10.9 Å². The zero-order valence-electron chi connectivity index (χ0n) is 38.7. The number of hydrogen-bond donors (Lipinski definition) is 2. The summed E-state index contributed by atoms with van der Waals surface area (Å²) in [7, 11) is 6.45. The molecule has 16 heteroatoms. The Bertz CT molecular complexity index is 3100. The monoisotopic (exact) mass is 974 g/mol. The maximum Gasteiger partial charge on any atom is 0.172 e. The lowest BCUT2D eigenvalue weighted by Crippen LogP contribution is -2.10. The fourth-order valence-corrected chi connectivity index (χ4v) is 7.60. The van der Waals surface area contributed by atoms with Crippen LogP contribution in [0.5, 0.6) is 34.5 Å². The van der Waals surface area contributed by atoms with Gasteiger partial charge in [-0.25, -0.2) is 0 Å². The Hall–Kier alpha value is -8.20. The molecule has 8 aromatic rings. The van der Waals surface area contributed by atoms with Crippen molar-refractivity contribution in [1.82, 2.24) is 20.4 Å². The number of rotatable bonds is 21. The number of hydrazone groups is 2. The van der Waals surface area contributed by atoms with Gasteiger partial charge in [0, 0.05) is 45.1 Å². The highest BCUT2D eigenvalue weighted by atomic mass is 35.5. The Morgan fingerprint density at radius 2 is 0.957 bits per heavy atom. The van der Waals surface area contributed by atoms with Crippen LogP contribution in [0.1, 0.15) is 33.4 Å². The molecule has 8 rings (SSSR count). The van der Waals surface area contributed by atoms with Crippen LogP contribution in [0.2, 0.25) is 10.0 Å². The minimum atomic E-state index is 0.233. The minimum absolute atomic E-state index is 0.233. The summed E-state index contributed by atoms with van der Waals surface area (Å²) < 4.78 is 34.7. The smallest absolute Gasteiger partial charge is 0.172 e. The highest BCUT2D eigenvalue weighted by Crippen LogP contribution is 2.33. The number of hydrogen-bond acceptors (Lipinski definition) is 14. The molecule has 0 fully saturated rings. The van der Waals surface area contributed by atoms with E-state index in [-0.39, 0.29) is 13.2 Å². The Balaban J connectivity index is 0.878. The van der Waals surface area contributed by atoms with Crippen LogP contribution in [-0.4, -0.2) is 74.5 Å². The third-order valence-corrected chi connectivity index (χ3v) is 11.4. The summed E-state index contributed by atoms with van der Waals surface area (Å²) in [5, 5.41) is 28.3. The first-order chi connectivity index (χ1) is 34.3. The number of methoxy groups -OCH3 is 4. The first kappa shape index (κ1) is 48.3. The largest absolute Gasteiger partial charge is 0.496 e. The molecule has 0 saturated carbocycles. The minimum Gasteiger partial charge on any atom is -0.496 e. The Labute approximate surface area is 415 Å². The Morgan fingerprint density at radius 1 is 0.457 bits per heavy atom. The molecule has 0 saturated heterocycles. The summed E-state index contributed by atoms with van der Waals surface area (Å²) in [4.78, 5) is 0. The van der Waals surface area contributed by atoms with Gasteiger partial charge in [-0.2, -0.15) is 10.2 Å². The number of nitrogens with zero attached hydrogens (tertiary/aromatic N) is 6. The van der Waals surface area contributed by atoms with Crippen LogP contribution in [0.15, 0.2) is 156 Å². The molecule has 0 aliphatic heterocycles. The van der Waals surface area contributed by atoms with Crippen LogP contribution < -0.4 is 39.3 Å². The number of ether oxygens (including phenoxy) is 6. The molecule has 0 amide bonds. The van der Waals surface area contributed by atoms with E-state index in [4.69, 9.17) is 51.6 Å².